The first-order valence-electron chi connectivity index (χ1n) is 8.16. The molecule has 4 rings (SSSR count). The SMILES string of the molecule is Cc1nn(C)c(C)c1CNCc1csc(-c2ccc3c(c2)OCO3)n1. The van der Waals surface area contributed by atoms with E-state index in [0.29, 0.717) is 6.79 Å². The molecule has 7 heteroatoms. The molecule has 0 bridgehead atoms. The lowest BCUT2D eigenvalue weighted by atomic mass is 10.2. The number of aromatic nitrogens is 3. The second-order valence-corrected chi connectivity index (χ2v) is 6.95. The van der Waals surface area contributed by atoms with Gasteiger partial charge in [0, 0.05) is 42.3 Å². The maximum absolute atomic E-state index is 5.44. The van der Waals surface area contributed by atoms with Gasteiger partial charge in [0.05, 0.1) is 11.4 Å². The summed E-state index contributed by atoms with van der Waals surface area (Å²) in [6, 6.07) is 5.94. The molecule has 0 amide bonds. The van der Waals surface area contributed by atoms with Crippen molar-refractivity contribution in [1.29, 1.82) is 0 Å². The standard InChI is InChI=1S/C18H20N4O2S/c1-11-15(12(2)22(3)21-11)8-19-7-14-9-25-18(20-14)13-4-5-16-17(6-13)24-10-23-16/h4-6,9,19H,7-8,10H2,1-3H3. The summed E-state index contributed by atoms with van der Waals surface area (Å²) in [6.45, 7) is 5.96. The van der Waals surface area contributed by atoms with E-state index in [1.807, 2.05) is 36.9 Å². The summed E-state index contributed by atoms with van der Waals surface area (Å²) in [5, 5.41) is 11.0. The van der Waals surface area contributed by atoms with Crippen LogP contribution in [0.15, 0.2) is 23.6 Å². The smallest absolute Gasteiger partial charge is 0.231 e. The van der Waals surface area contributed by atoms with E-state index in [2.05, 4.69) is 22.7 Å². The van der Waals surface area contributed by atoms with Gasteiger partial charge in [-0.15, -0.1) is 11.3 Å². The van der Waals surface area contributed by atoms with Crippen LogP contribution in [-0.2, 0) is 20.1 Å². The minimum absolute atomic E-state index is 0.291. The van der Waals surface area contributed by atoms with Crippen LogP contribution >= 0.6 is 11.3 Å². The van der Waals surface area contributed by atoms with Crippen molar-refractivity contribution < 1.29 is 9.47 Å². The summed E-state index contributed by atoms with van der Waals surface area (Å²) in [6.07, 6.45) is 0. The quantitative estimate of drug-likeness (QED) is 0.761. The Morgan fingerprint density at radius 1 is 1.20 bits per heavy atom. The normalized spacial score (nSPS) is 12.8. The van der Waals surface area contributed by atoms with Crippen LogP contribution in [0, 0.1) is 13.8 Å². The molecule has 3 heterocycles. The van der Waals surface area contributed by atoms with Crippen molar-refractivity contribution in [3.8, 4) is 22.1 Å². The fourth-order valence-electron chi connectivity index (χ4n) is 2.94. The van der Waals surface area contributed by atoms with Gasteiger partial charge in [-0.1, -0.05) is 0 Å². The number of aryl methyl sites for hydroxylation is 2. The summed E-state index contributed by atoms with van der Waals surface area (Å²) in [5.41, 5.74) is 5.63. The van der Waals surface area contributed by atoms with E-state index in [9.17, 15) is 0 Å². The summed E-state index contributed by atoms with van der Waals surface area (Å²) in [4.78, 5) is 4.73. The Morgan fingerprint density at radius 3 is 2.84 bits per heavy atom. The number of benzene rings is 1. The van der Waals surface area contributed by atoms with E-state index in [1.165, 1.54) is 11.3 Å². The van der Waals surface area contributed by atoms with Crippen molar-refractivity contribution in [2.75, 3.05) is 6.79 Å². The van der Waals surface area contributed by atoms with E-state index >= 15 is 0 Å². The minimum atomic E-state index is 0.291. The summed E-state index contributed by atoms with van der Waals surface area (Å²) in [7, 11) is 1.98. The molecule has 1 N–H and O–H groups in total. The Balaban J connectivity index is 1.42. The molecule has 0 aliphatic carbocycles. The molecular formula is C18H20N4O2S. The zero-order valence-electron chi connectivity index (χ0n) is 14.5. The predicted molar refractivity (Wildman–Crippen MR) is 96.9 cm³/mol. The number of ether oxygens (including phenoxy) is 2. The molecule has 25 heavy (non-hydrogen) atoms. The van der Waals surface area contributed by atoms with E-state index in [4.69, 9.17) is 14.5 Å². The zero-order chi connectivity index (χ0) is 17.4. The second-order valence-electron chi connectivity index (χ2n) is 6.09. The summed E-state index contributed by atoms with van der Waals surface area (Å²) >= 11 is 1.64. The lowest BCUT2D eigenvalue weighted by Crippen LogP contribution is -2.14. The van der Waals surface area contributed by atoms with Gasteiger partial charge in [0.1, 0.15) is 5.01 Å². The summed E-state index contributed by atoms with van der Waals surface area (Å²) in [5.74, 6) is 1.58. The highest BCUT2D eigenvalue weighted by Crippen LogP contribution is 2.36. The van der Waals surface area contributed by atoms with E-state index < -0.39 is 0 Å². The molecule has 3 aromatic rings. The molecular weight excluding hydrogens is 336 g/mol. The molecule has 1 aromatic carbocycles. The molecule has 2 aromatic heterocycles. The van der Waals surface area contributed by atoms with Crippen LogP contribution in [0.4, 0.5) is 0 Å². The van der Waals surface area contributed by atoms with Crippen LogP contribution in [0.5, 0.6) is 11.5 Å². The van der Waals surface area contributed by atoms with Crippen molar-refractivity contribution in [1.82, 2.24) is 20.1 Å². The minimum Gasteiger partial charge on any atom is -0.454 e. The number of nitrogens with zero attached hydrogens (tertiary/aromatic N) is 3. The van der Waals surface area contributed by atoms with Gasteiger partial charge in [0.15, 0.2) is 11.5 Å². The fraction of sp³-hybridized carbons (Fsp3) is 0.333. The van der Waals surface area contributed by atoms with Crippen LogP contribution in [0.3, 0.4) is 0 Å². The Kier molecular flexibility index (Phi) is 4.19. The van der Waals surface area contributed by atoms with Gasteiger partial charge in [-0.05, 0) is 32.0 Å². The van der Waals surface area contributed by atoms with Gasteiger partial charge in [-0.2, -0.15) is 5.10 Å². The Labute approximate surface area is 150 Å². The zero-order valence-corrected chi connectivity index (χ0v) is 15.3. The maximum atomic E-state index is 5.44. The first-order valence-corrected chi connectivity index (χ1v) is 9.04. The topological polar surface area (TPSA) is 61.2 Å². The van der Waals surface area contributed by atoms with Crippen molar-refractivity contribution >= 4 is 11.3 Å². The lowest BCUT2D eigenvalue weighted by Gasteiger charge is -2.04. The van der Waals surface area contributed by atoms with Crippen LogP contribution < -0.4 is 14.8 Å². The van der Waals surface area contributed by atoms with Crippen LogP contribution in [-0.4, -0.2) is 21.6 Å². The predicted octanol–water partition coefficient (Wildman–Crippen LogP) is 3.18. The van der Waals surface area contributed by atoms with Gasteiger partial charge in [0.25, 0.3) is 0 Å². The van der Waals surface area contributed by atoms with Crippen molar-refractivity contribution in [3.05, 3.63) is 46.2 Å². The van der Waals surface area contributed by atoms with Gasteiger partial charge in [0.2, 0.25) is 6.79 Å². The molecule has 1 aliphatic rings. The van der Waals surface area contributed by atoms with Crippen molar-refractivity contribution in [2.45, 2.75) is 26.9 Å². The lowest BCUT2D eigenvalue weighted by molar-refractivity contribution is 0.174. The molecule has 0 spiro atoms. The molecule has 0 radical (unpaired) electrons. The fourth-order valence-corrected chi connectivity index (χ4v) is 3.76. The average molecular weight is 356 g/mol. The van der Waals surface area contributed by atoms with Crippen LogP contribution in [0.2, 0.25) is 0 Å². The molecule has 0 saturated carbocycles. The van der Waals surface area contributed by atoms with Gasteiger partial charge < -0.3 is 14.8 Å². The third kappa shape index (κ3) is 3.12. The second kappa shape index (κ2) is 6.50. The molecule has 0 saturated heterocycles. The average Bonchev–Trinajstić information content (AvgIpc) is 3.30. The Bertz CT molecular complexity index is 916. The third-order valence-electron chi connectivity index (χ3n) is 4.44. The van der Waals surface area contributed by atoms with Gasteiger partial charge in [-0.25, -0.2) is 4.98 Å². The highest BCUT2D eigenvalue weighted by atomic mass is 32.1. The van der Waals surface area contributed by atoms with Gasteiger partial charge >= 0.3 is 0 Å². The van der Waals surface area contributed by atoms with Crippen LogP contribution in [0.1, 0.15) is 22.6 Å². The molecule has 0 unspecified atom stereocenters. The Morgan fingerprint density at radius 2 is 2.04 bits per heavy atom. The van der Waals surface area contributed by atoms with Crippen molar-refractivity contribution in [3.63, 3.8) is 0 Å². The number of hydrogen-bond donors (Lipinski definition) is 1. The van der Waals surface area contributed by atoms with Crippen molar-refractivity contribution in [2.24, 2.45) is 7.05 Å². The number of fused-ring (bicyclic) bond motifs is 1. The highest BCUT2D eigenvalue weighted by Gasteiger charge is 2.15. The van der Waals surface area contributed by atoms with E-state index in [0.717, 1.165) is 46.5 Å². The van der Waals surface area contributed by atoms with E-state index in [-0.39, 0.29) is 0 Å². The van der Waals surface area contributed by atoms with Gasteiger partial charge in [-0.3, -0.25) is 4.68 Å². The summed E-state index contributed by atoms with van der Waals surface area (Å²) < 4.78 is 12.7. The molecule has 0 fully saturated rings. The monoisotopic (exact) mass is 356 g/mol. The highest BCUT2D eigenvalue weighted by molar-refractivity contribution is 7.13. The van der Waals surface area contributed by atoms with E-state index in [1.54, 1.807) is 11.3 Å². The maximum Gasteiger partial charge on any atom is 0.231 e. The largest absolute Gasteiger partial charge is 0.454 e. The molecule has 1 aliphatic heterocycles. The number of nitrogens with one attached hydrogen (secondary N) is 1. The molecule has 6 nitrogen and oxygen atoms in total. The Hall–Kier alpha value is -2.38. The number of rotatable bonds is 5. The molecule has 130 valence electrons. The molecule has 0 atom stereocenters. The third-order valence-corrected chi connectivity index (χ3v) is 5.38. The first kappa shape index (κ1) is 16.1. The first-order chi connectivity index (χ1) is 12.1. The number of hydrogen-bond acceptors (Lipinski definition) is 6. The number of thiazole rings is 1. The van der Waals surface area contributed by atoms with Crippen LogP contribution in [0.25, 0.3) is 10.6 Å².